The van der Waals surface area contributed by atoms with E-state index >= 15 is 0 Å². The number of carbonyl (C=O) groups excluding carboxylic acids is 1. The van der Waals surface area contributed by atoms with E-state index in [0.29, 0.717) is 17.0 Å². The van der Waals surface area contributed by atoms with E-state index in [2.05, 4.69) is 47.1 Å². The van der Waals surface area contributed by atoms with E-state index in [1.807, 2.05) is 12.1 Å². The Morgan fingerprint density at radius 1 is 1.13 bits per heavy atom. The van der Waals surface area contributed by atoms with Crippen molar-refractivity contribution in [3.8, 4) is 10.9 Å². The Hall–Kier alpha value is -2.64. The number of amides is 2. The highest BCUT2D eigenvalue weighted by atomic mass is 32.1. The van der Waals surface area contributed by atoms with Crippen LogP contribution in [0.5, 0.6) is 10.9 Å². The highest BCUT2D eigenvalue weighted by Gasteiger charge is 2.40. The lowest BCUT2D eigenvalue weighted by Crippen LogP contribution is -2.37. The van der Waals surface area contributed by atoms with Crippen molar-refractivity contribution >= 4 is 27.6 Å². The number of nitrogens with two attached hydrogens (primary N) is 1. The number of hydrogen-bond donors (Lipinski definition) is 1. The monoisotopic (exact) mass is 422 g/mol. The lowest BCUT2D eigenvalue weighted by atomic mass is 10.0. The fourth-order valence-corrected chi connectivity index (χ4v) is 5.59. The van der Waals surface area contributed by atoms with E-state index < -0.39 is 0 Å². The first-order valence-electron chi connectivity index (χ1n) is 10.4. The normalized spacial score (nSPS) is 21.3. The van der Waals surface area contributed by atoms with Crippen LogP contribution in [0.25, 0.3) is 10.2 Å². The summed E-state index contributed by atoms with van der Waals surface area (Å²) in [5.74, 6) is 1.97. The van der Waals surface area contributed by atoms with Crippen LogP contribution in [0.2, 0.25) is 0 Å². The Kier molecular flexibility index (Phi) is 5.08. The SMILES string of the molecule is Cc1cccc2sc(Oc3ccc(CCN4CC5CN(C(N)=O)CC5C4)cc3)nc12. The van der Waals surface area contributed by atoms with Crippen molar-refractivity contribution < 1.29 is 9.53 Å². The zero-order valence-electron chi connectivity index (χ0n) is 17.1. The fraction of sp³-hybridized carbons (Fsp3) is 0.391. The number of rotatable bonds is 5. The average molecular weight is 423 g/mol. The number of aromatic nitrogens is 1. The highest BCUT2D eigenvalue weighted by molar-refractivity contribution is 7.20. The fourth-order valence-electron chi connectivity index (χ4n) is 4.67. The molecule has 2 aromatic carbocycles. The van der Waals surface area contributed by atoms with Gasteiger partial charge in [-0.2, -0.15) is 0 Å². The summed E-state index contributed by atoms with van der Waals surface area (Å²) in [6, 6.07) is 14.2. The number of thiazole rings is 1. The lowest BCUT2D eigenvalue weighted by Gasteiger charge is -2.20. The summed E-state index contributed by atoms with van der Waals surface area (Å²) in [5.41, 5.74) is 8.91. The Labute approximate surface area is 180 Å². The van der Waals surface area contributed by atoms with Gasteiger partial charge in [0.05, 0.1) is 10.2 Å². The molecule has 2 unspecified atom stereocenters. The Balaban J connectivity index is 1.14. The molecule has 1 aromatic heterocycles. The van der Waals surface area contributed by atoms with Crippen LogP contribution in [-0.2, 0) is 6.42 Å². The van der Waals surface area contributed by atoms with Crippen LogP contribution < -0.4 is 10.5 Å². The molecule has 3 aromatic rings. The third-order valence-electron chi connectivity index (χ3n) is 6.32. The van der Waals surface area contributed by atoms with Gasteiger partial charge in [-0.25, -0.2) is 9.78 Å². The predicted octanol–water partition coefficient (Wildman–Crippen LogP) is 3.88. The number of benzene rings is 2. The zero-order valence-corrected chi connectivity index (χ0v) is 17.9. The van der Waals surface area contributed by atoms with Crippen LogP contribution in [-0.4, -0.2) is 53.5 Å². The molecule has 2 aliphatic rings. The van der Waals surface area contributed by atoms with Crippen LogP contribution >= 0.6 is 11.3 Å². The highest BCUT2D eigenvalue weighted by Crippen LogP contribution is 2.33. The van der Waals surface area contributed by atoms with Gasteiger partial charge in [-0.1, -0.05) is 35.6 Å². The first-order chi connectivity index (χ1) is 14.5. The van der Waals surface area contributed by atoms with Crippen LogP contribution in [0.15, 0.2) is 42.5 Å². The van der Waals surface area contributed by atoms with Crippen LogP contribution in [0.4, 0.5) is 4.79 Å². The van der Waals surface area contributed by atoms with E-state index in [0.717, 1.165) is 55.1 Å². The van der Waals surface area contributed by atoms with Crippen LogP contribution in [0.1, 0.15) is 11.1 Å². The van der Waals surface area contributed by atoms with Crippen molar-refractivity contribution in [2.75, 3.05) is 32.7 Å². The second kappa shape index (κ2) is 7.89. The Morgan fingerprint density at radius 2 is 1.87 bits per heavy atom. The maximum Gasteiger partial charge on any atom is 0.314 e. The van der Waals surface area contributed by atoms with Gasteiger partial charge in [0.1, 0.15) is 5.75 Å². The number of ether oxygens (including phenoxy) is 1. The third kappa shape index (κ3) is 3.87. The van der Waals surface area contributed by atoms with Crippen molar-refractivity contribution in [1.82, 2.24) is 14.8 Å². The second-order valence-corrected chi connectivity index (χ2v) is 9.41. The molecule has 2 saturated heterocycles. The summed E-state index contributed by atoms with van der Waals surface area (Å²) in [7, 11) is 0. The minimum Gasteiger partial charge on any atom is -0.431 e. The molecule has 2 atom stereocenters. The Bertz CT molecular complexity index is 1050. The summed E-state index contributed by atoms with van der Waals surface area (Å²) in [6.45, 7) is 6.86. The van der Waals surface area contributed by atoms with Crippen LogP contribution in [0.3, 0.4) is 0 Å². The smallest absolute Gasteiger partial charge is 0.314 e. The van der Waals surface area contributed by atoms with Gasteiger partial charge >= 0.3 is 6.03 Å². The lowest BCUT2D eigenvalue weighted by molar-refractivity contribution is 0.209. The predicted molar refractivity (Wildman–Crippen MR) is 119 cm³/mol. The number of primary amides is 1. The molecule has 2 aliphatic heterocycles. The number of likely N-dealkylation sites (tertiary alicyclic amines) is 2. The van der Waals surface area contributed by atoms with E-state index in [9.17, 15) is 4.79 Å². The molecule has 7 heteroatoms. The van der Waals surface area contributed by atoms with Crippen molar-refractivity contribution in [2.24, 2.45) is 17.6 Å². The molecule has 3 heterocycles. The summed E-state index contributed by atoms with van der Waals surface area (Å²) < 4.78 is 7.13. The third-order valence-corrected chi connectivity index (χ3v) is 7.22. The maximum atomic E-state index is 11.3. The van der Waals surface area contributed by atoms with Gasteiger partial charge in [-0.15, -0.1) is 0 Å². The number of para-hydroxylation sites is 1. The minimum absolute atomic E-state index is 0.278. The number of fused-ring (bicyclic) bond motifs is 2. The summed E-state index contributed by atoms with van der Waals surface area (Å²) in [5, 5.41) is 0.681. The summed E-state index contributed by atoms with van der Waals surface area (Å²) in [4.78, 5) is 20.3. The largest absolute Gasteiger partial charge is 0.431 e. The molecule has 2 amide bonds. The zero-order chi connectivity index (χ0) is 20.7. The molecule has 30 heavy (non-hydrogen) atoms. The summed E-state index contributed by atoms with van der Waals surface area (Å²) >= 11 is 1.58. The van der Waals surface area contributed by atoms with Gasteiger partial charge in [0.2, 0.25) is 0 Å². The first kappa shape index (κ1) is 19.3. The molecule has 0 saturated carbocycles. The quantitative estimate of drug-likeness (QED) is 0.677. The number of hydrogen-bond acceptors (Lipinski definition) is 5. The van der Waals surface area contributed by atoms with E-state index in [1.165, 1.54) is 11.1 Å². The van der Waals surface area contributed by atoms with Crippen molar-refractivity contribution in [2.45, 2.75) is 13.3 Å². The van der Waals surface area contributed by atoms with Gasteiger partial charge in [0, 0.05) is 32.7 Å². The van der Waals surface area contributed by atoms with E-state index in [-0.39, 0.29) is 6.03 Å². The van der Waals surface area contributed by atoms with Gasteiger partial charge < -0.3 is 20.3 Å². The van der Waals surface area contributed by atoms with Crippen molar-refractivity contribution in [3.63, 3.8) is 0 Å². The van der Waals surface area contributed by atoms with E-state index in [1.54, 1.807) is 16.2 Å². The molecule has 0 radical (unpaired) electrons. The van der Waals surface area contributed by atoms with Gasteiger partial charge in [-0.05, 0) is 54.5 Å². The number of urea groups is 1. The molecule has 0 spiro atoms. The standard InChI is InChI=1S/C23H26N4O2S/c1-15-3-2-4-20-21(15)25-23(30-20)29-19-7-5-16(6-8-19)9-10-26-11-17-13-27(22(24)28)14-18(17)12-26/h2-8,17-18H,9-14H2,1H3,(H2,24,28). The topological polar surface area (TPSA) is 71.7 Å². The molecular weight excluding hydrogens is 396 g/mol. The molecule has 6 nitrogen and oxygen atoms in total. The van der Waals surface area contributed by atoms with Crippen molar-refractivity contribution in [3.05, 3.63) is 53.6 Å². The summed E-state index contributed by atoms with van der Waals surface area (Å²) in [6.07, 6.45) is 1.01. The van der Waals surface area contributed by atoms with Gasteiger partial charge in [-0.3, -0.25) is 0 Å². The number of aryl methyl sites for hydroxylation is 1. The second-order valence-electron chi connectivity index (χ2n) is 8.42. The number of nitrogens with zero attached hydrogens (tertiary/aromatic N) is 3. The molecule has 2 fully saturated rings. The molecule has 156 valence electrons. The first-order valence-corrected chi connectivity index (χ1v) is 11.3. The molecule has 5 rings (SSSR count). The van der Waals surface area contributed by atoms with Crippen LogP contribution in [0, 0.1) is 18.8 Å². The molecule has 2 N–H and O–H groups in total. The molecular formula is C23H26N4O2S. The van der Waals surface area contributed by atoms with Gasteiger partial charge in [0.15, 0.2) is 0 Å². The van der Waals surface area contributed by atoms with Gasteiger partial charge in [0.25, 0.3) is 5.19 Å². The Morgan fingerprint density at radius 3 is 2.53 bits per heavy atom. The number of carbonyl (C=O) groups is 1. The van der Waals surface area contributed by atoms with E-state index in [4.69, 9.17) is 10.5 Å². The minimum atomic E-state index is -0.278. The molecule has 0 aliphatic carbocycles. The maximum absolute atomic E-state index is 11.3. The average Bonchev–Trinajstić information content (AvgIpc) is 3.40. The molecule has 0 bridgehead atoms. The van der Waals surface area contributed by atoms with Crippen molar-refractivity contribution in [1.29, 1.82) is 0 Å².